The highest BCUT2D eigenvalue weighted by Crippen LogP contribution is 2.27. The topological polar surface area (TPSA) is 99.5 Å². The van der Waals surface area contributed by atoms with E-state index < -0.39 is 12.1 Å². The largest absolute Gasteiger partial charge is 0.391 e. The molecule has 1 aromatic heterocycles. The number of aromatic nitrogens is 2. The maximum Gasteiger partial charge on any atom is 0.270 e. The quantitative estimate of drug-likeness (QED) is 0.654. The molecule has 1 saturated carbocycles. The van der Waals surface area contributed by atoms with Gasteiger partial charge in [0.25, 0.3) is 5.91 Å². The number of likely N-dealkylation sites (tertiary alicyclic amines) is 1. The first-order valence-electron chi connectivity index (χ1n) is 9.86. The van der Waals surface area contributed by atoms with Crippen LogP contribution in [0.15, 0.2) is 0 Å². The first-order valence-corrected chi connectivity index (χ1v) is 9.86. The molecule has 3 rings (SSSR count). The van der Waals surface area contributed by atoms with Gasteiger partial charge in [0.2, 0.25) is 5.91 Å². The lowest BCUT2D eigenvalue weighted by atomic mass is 10.1. The summed E-state index contributed by atoms with van der Waals surface area (Å²) >= 11 is 0. The van der Waals surface area contributed by atoms with Crippen LogP contribution in [0.4, 0.5) is 0 Å². The second-order valence-electron chi connectivity index (χ2n) is 7.84. The molecule has 2 aliphatic rings. The average molecular weight is 377 g/mol. The predicted octanol–water partition coefficient (Wildman–Crippen LogP) is 0.118. The molecule has 150 valence electrons. The normalized spacial score (nSPS) is 25.7. The number of aliphatic hydroxyl groups is 1. The van der Waals surface area contributed by atoms with Crippen molar-refractivity contribution in [2.75, 3.05) is 26.2 Å². The minimum absolute atomic E-state index is 0.0300. The van der Waals surface area contributed by atoms with Gasteiger partial charge >= 0.3 is 0 Å². The molecule has 0 radical (unpaired) electrons. The third kappa shape index (κ3) is 4.50. The summed E-state index contributed by atoms with van der Waals surface area (Å²) < 4.78 is 1.56. The molecule has 2 fully saturated rings. The van der Waals surface area contributed by atoms with Gasteiger partial charge < -0.3 is 20.6 Å². The fraction of sp³-hybridized carbons (Fsp3) is 0.737. The molecule has 0 spiro atoms. The first kappa shape index (κ1) is 19.8. The number of nitrogens with one attached hydrogen (secondary N) is 2. The van der Waals surface area contributed by atoms with Crippen LogP contribution in [0.25, 0.3) is 0 Å². The van der Waals surface area contributed by atoms with E-state index in [1.807, 2.05) is 13.8 Å². The predicted molar refractivity (Wildman–Crippen MR) is 101 cm³/mol. The molecule has 1 saturated heterocycles. The Morgan fingerprint density at radius 2 is 1.93 bits per heavy atom. The Labute approximate surface area is 160 Å². The Balaban J connectivity index is 1.49. The molecule has 0 aromatic carbocycles. The number of nitrogens with zero attached hydrogens (tertiary/aromatic N) is 3. The summed E-state index contributed by atoms with van der Waals surface area (Å²) in [6.45, 7) is 7.45. The Kier molecular flexibility index (Phi) is 6.16. The first-order chi connectivity index (χ1) is 12.9. The van der Waals surface area contributed by atoms with E-state index in [1.54, 1.807) is 11.7 Å². The van der Waals surface area contributed by atoms with Crippen molar-refractivity contribution in [1.29, 1.82) is 0 Å². The molecule has 0 unspecified atom stereocenters. The van der Waals surface area contributed by atoms with Gasteiger partial charge in [-0.1, -0.05) is 0 Å². The minimum atomic E-state index is -0.710. The van der Waals surface area contributed by atoms with Crippen LogP contribution < -0.4 is 10.6 Å². The Bertz CT molecular complexity index is 696. The molecule has 8 heteroatoms. The Morgan fingerprint density at radius 3 is 2.56 bits per heavy atom. The second-order valence-corrected chi connectivity index (χ2v) is 7.84. The van der Waals surface area contributed by atoms with Crippen LogP contribution in [0.2, 0.25) is 0 Å². The van der Waals surface area contributed by atoms with Gasteiger partial charge in [-0.2, -0.15) is 5.10 Å². The van der Waals surface area contributed by atoms with Gasteiger partial charge in [0, 0.05) is 31.6 Å². The summed E-state index contributed by atoms with van der Waals surface area (Å²) in [6, 6.07) is -0.415. The van der Waals surface area contributed by atoms with Gasteiger partial charge in [-0.3, -0.25) is 14.3 Å². The van der Waals surface area contributed by atoms with Gasteiger partial charge in [-0.05, 0) is 52.6 Å². The van der Waals surface area contributed by atoms with Crippen LogP contribution in [-0.2, 0) is 11.8 Å². The monoisotopic (exact) mass is 377 g/mol. The molecule has 8 nitrogen and oxygen atoms in total. The summed E-state index contributed by atoms with van der Waals surface area (Å²) in [5.74, 6) is -0.550. The van der Waals surface area contributed by atoms with Crippen molar-refractivity contribution in [3.63, 3.8) is 0 Å². The molecule has 27 heavy (non-hydrogen) atoms. The van der Waals surface area contributed by atoms with E-state index in [9.17, 15) is 14.7 Å². The zero-order valence-corrected chi connectivity index (χ0v) is 16.5. The highest BCUT2D eigenvalue weighted by molar-refractivity contribution is 5.94. The smallest absolute Gasteiger partial charge is 0.270 e. The van der Waals surface area contributed by atoms with E-state index in [1.165, 1.54) is 12.8 Å². The third-order valence-electron chi connectivity index (χ3n) is 5.88. The summed E-state index contributed by atoms with van der Waals surface area (Å²) in [4.78, 5) is 27.4. The van der Waals surface area contributed by atoms with Crippen LogP contribution >= 0.6 is 0 Å². The molecule has 1 aliphatic carbocycles. The number of hydrogen-bond donors (Lipinski definition) is 3. The van der Waals surface area contributed by atoms with Gasteiger partial charge in [0.15, 0.2) is 0 Å². The van der Waals surface area contributed by atoms with Crippen molar-refractivity contribution in [3.8, 4) is 0 Å². The maximum atomic E-state index is 12.6. The standard InChI is InChI=1S/C19H31N5O3/c1-12-13(2)22-23(3)17(12)19(27)21-15-10-14(11-16(15)25)18(26)20-6-9-24-7-4-5-8-24/h14-16,25H,4-11H2,1-3H3,(H,20,26)(H,21,27)/t14-,15+,16+/m0/s1. The summed E-state index contributed by atoms with van der Waals surface area (Å²) in [6.07, 6.45) is 2.60. The number of aliphatic hydroxyl groups excluding tert-OH is 1. The van der Waals surface area contributed by atoms with Crippen LogP contribution in [-0.4, -0.2) is 69.9 Å². The fourth-order valence-electron chi connectivity index (χ4n) is 4.19. The minimum Gasteiger partial charge on any atom is -0.391 e. The van der Waals surface area contributed by atoms with E-state index in [0.29, 0.717) is 25.1 Å². The lowest BCUT2D eigenvalue weighted by Crippen LogP contribution is -2.41. The van der Waals surface area contributed by atoms with Crippen molar-refractivity contribution >= 4 is 11.8 Å². The zero-order chi connectivity index (χ0) is 19.6. The van der Waals surface area contributed by atoms with Gasteiger partial charge in [-0.25, -0.2) is 0 Å². The van der Waals surface area contributed by atoms with E-state index in [4.69, 9.17) is 0 Å². The van der Waals surface area contributed by atoms with E-state index in [2.05, 4.69) is 20.6 Å². The van der Waals surface area contributed by atoms with Crippen molar-refractivity contribution in [3.05, 3.63) is 17.0 Å². The van der Waals surface area contributed by atoms with E-state index in [0.717, 1.165) is 30.9 Å². The van der Waals surface area contributed by atoms with Crippen molar-refractivity contribution in [2.24, 2.45) is 13.0 Å². The summed E-state index contributed by atoms with van der Waals surface area (Å²) in [5, 5.41) is 20.4. The highest BCUT2D eigenvalue weighted by Gasteiger charge is 2.38. The van der Waals surface area contributed by atoms with Crippen LogP contribution in [0, 0.1) is 19.8 Å². The molecular weight excluding hydrogens is 346 g/mol. The molecule has 2 amide bonds. The van der Waals surface area contributed by atoms with E-state index >= 15 is 0 Å². The molecule has 0 bridgehead atoms. The highest BCUT2D eigenvalue weighted by atomic mass is 16.3. The molecule has 1 aromatic rings. The Hall–Kier alpha value is -1.93. The fourth-order valence-corrected chi connectivity index (χ4v) is 4.19. The zero-order valence-electron chi connectivity index (χ0n) is 16.5. The van der Waals surface area contributed by atoms with Crippen molar-refractivity contribution in [1.82, 2.24) is 25.3 Å². The molecule has 3 atom stereocenters. The lowest BCUT2D eigenvalue weighted by Gasteiger charge is -2.17. The van der Waals surface area contributed by atoms with Gasteiger partial charge in [-0.15, -0.1) is 0 Å². The number of amides is 2. The number of carbonyl (C=O) groups is 2. The Morgan fingerprint density at radius 1 is 1.22 bits per heavy atom. The molecule has 2 heterocycles. The average Bonchev–Trinajstić information content (AvgIpc) is 3.30. The van der Waals surface area contributed by atoms with Crippen molar-refractivity contribution in [2.45, 2.75) is 51.7 Å². The molecule has 3 N–H and O–H groups in total. The number of carbonyl (C=O) groups excluding carboxylic acids is 2. The summed E-state index contributed by atoms with van der Waals surface area (Å²) in [5.41, 5.74) is 2.14. The molecule has 1 aliphatic heterocycles. The second kappa shape index (κ2) is 8.39. The van der Waals surface area contributed by atoms with Crippen LogP contribution in [0.5, 0.6) is 0 Å². The summed E-state index contributed by atoms with van der Waals surface area (Å²) in [7, 11) is 1.73. The number of rotatable bonds is 6. The van der Waals surface area contributed by atoms with Gasteiger partial charge in [0.05, 0.1) is 17.8 Å². The number of aryl methyl sites for hydroxylation is 2. The SMILES string of the molecule is Cc1nn(C)c(C(=O)N[C@@H]2C[C@H](C(=O)NCCN3CCCC3)C[C@H]2O)c1C. The van der Waals surface area contributed by atoms with E-state index in [-0.39, 0.29) is 17.7 Å². The van der Waals surface area contributed by atoms with Crippen LogP contribution in [0.3, 0.4) is 0 Å². The van der Waals surface area contributed by atoms with Crippen LogP contribution in [0.1, 0.15) is 47.4 Å². The lowest BCUT2D eigenvalue weighted by molar-refractivity contribution is -0.125. The maximum absolute atomic E-state index is 12.6. The molecular formula is C19H31N5O3. The van der Waals surface area contributed by atoms with Gasteiger partial charge in [0.1, 0.15) is 5.69 Å². The van der Waals surface area contributed by atoms with Crippen molar-refractivity contribution < 1.29 is 14.7 Å². The third-order valence-corrected chi connectivity index (χ3v) is 5.88. The number of hydrogen-bond acceptors (Lipinski definition) is 5.